The summed E-state index contributed by atoms with van der Waals surface area (Å²) in [6, 6.07) is 16.4. The summed E-state index contributed by atoms with van der Waals surface area (Å²) >= 11 is 0. The van der Waals surface area contributed by atoms with E-state index in [2.05, 4.69) is 20.5 Å². The summed E-state index contributed by atoms with van der Waals surface area (Å²) in [4.78, 5) is 21.2. The molecule has 0 fully saturated rings. The van der Waals surface area contributed by atoms with Crippen LogP contribution in [0.1, 0.15) is 15.9 Å². The first-order valence-corrected chi connectivity index (χ1v) is 7.98. The van der Waals surface area contributed by atoms with Crippen molar-refractivity contribution in [3.8, 4) is 11.5 Å². The number of rotatable bonds is 4. The van der Waals surface area contributed by atoms with E-state index in [1.807, 2.05) is 24.3 Å². The fraction of sp³-hybridized carbons (Fsp3) is 0. The van der Waals surface area contributed by atoms with E-state index in [-0.39, 0.29) is 5.91 Å². The average Bonchev–Trinajstić information content (AvgIpc) is 3.23. The number of furan rings is 1. The van der Waals surface area contributed by atoms with Gasteiger partial charge in [-0.05, 0) is 42.0 Å². The molecule has 0 radical (unpaired) electrons. The molecule has 1 amide bonds. The van der Waals surface area contributed by atoms with Crippen LogP contribution < -0.4 is 5.43 Å². The highest BCUT2D eigenvalue weighted by molar-refractivity contribution is 6.07. The molecule has 1 aromatic carbocycles. The van der Waals surface area contributed by atoms with Crippen LogP contribution in [-0.2, 0) is 0 Å². The Bertz CT molecular complexity index is 1070. The van der Waals surface area contributed by atoms with Gasteiger partial charge in [-0.2, -0.15) is 5.10 Å². The molecule has 126 valence electrons. The molecule has 0 spiro atoms. The van der Waals surface area contributed by atoms with Crippen LogP contribution in [0, 0.1) is 0 Å². The first-order chi connectivity index (χ1) is 12.8. The lowest BCUT2D eigenvalue weighted by molar-refractivity contribution is 0.0957. The zero-order valence-electron chi connectivity index (χ0n) is 13.7. The van der Waals surface area contributed by atoms with Gasteiger partial charge in [0.25, 0.3) is 5.91 Å². The van der Waals surface area contributed by atoms with Gasteiger partial charge in [0.05, 0.1) is 23.6 Å². The highest BCUT2D eigenvalue weighted by Gasteiger charge is 2.14. The van der Waals surface area contributed by atoms with E-state index in [0.29, 0.717) is 22.5 Å². The van der Waals surface area contributed by atoms with E-state index in [0.717, 1.165) is 10.9 Å². The molecule has 0 saturated heterocycles. The monoisotopic (exact) mass is 342 g/mol. The summed E-state index contributed by atoms with van der Waals surface area (Å²) in [5.41, 5.74) is 5.19. The number of nitrogens with zero attached hydrogens (tertiary/aromatic N) is 3. The summed E-state index contributed by atoms with van der Waals surface area (Å²) in [7, 11) is 0. The van der Waals surface area contributed by atoms with E-state index >= 15 is 0 Å². The van der Waals surface area contributed by atoms with Crippen molar-refractivity contribution in [1.82, 2.24) is 15.4 Å². The molecule has 0 saturated carbocycles. The fourth-order valence-electron chi connectivity index (χ4n) is 2.59. The molecule has 0 bridgehead atoms. The van der Waals surface area contributed by atoms with Crippen LogP contribution in [0.3, 0.4) is 0 Å². The summed E-state index contributed by atoms with van der Waals surface area (Å²) in [5.74, 6) is 0.284. The average molecular weight is 342 g/mol. The van der Waals surface area contributed by atoms with Crippen LogP contribution >= 0.6 is 0 Å². The van der Waals surface area contributed by atoms with E-state index < -0.39 is 0 Å². The number of amides is 1. The molecule has 4 rings (SSSR count). The molecular formula is C20H14N4O2. The highest BCUT2D eigenvalue weighted by atomic mass is 16.3. The van der Waals surface area contributed by atoms with Crippen LogP contribution in [0.4, 0.5) is 0 Å². The Morgan fingerprint density at radius 3 is 2.73 bits per heavy atom. The van der Waals surface area contributed by atoms with Crippen molar-refractivity contribution in [1.29, 1.82) is 0 Å². The van der Waals surface area contributed by atoms with Gasteiger partial charge in [-0.3, -0.25) is 9.78 Å². The van der Waals surface area contributed by atoms with E-state index in [9.17, 15) is 4.79 Å². The van der Waals surface area contributed by atoms with Gasteiger partial charge in [0.2, 0.25) is 0 Å². The quantitative estimate of drug-likeness (QED) is 0.453. The van der Waals surface area contributed by atoms with Crippen LogP contribution in [0.2, 0.25) is 0 Å². The minimum atomic E-state index is -0.318. The first-order valence-electron chi connectivity index (χ1n) is 7.98. The number of hydrazone groups is 1. The molecule has 0 aliphatic rings. The lowest BCUT2D eigenvalue weighted by Crippen LogP contribution is -2.18. The number of nitrogens with one attached hydrogen (secondary N) is 1. The highest BCUT2D eigenvalue weighted by Crippen LogP contribution is 2.25. The molecule has 0 unspecified atom stereocenters. The summed E-state index contributed by atoms with van der Waals surface area (Å²) in [6.45, 7) is 0. The third-order valence-electron chi connectivity index (χ3n) is 3.82. The molecule has 0 aliphatic carbocycles. The molecular weight excluding hydrogens is 328 g/mol. The summed E-state index contributed by atoms with van der Waals surface area (Å²) in [5, 5.41) is 4.77. The predicted molar refractivity (Wildman–Crippen MR) is 98.7 cm³/mol. The van der Waals surface area contributed by atoms with Crippen molar-refractivity contribution >= 4 is 23.0 Å². The Labute approximate surface area is 149 Å². The Morgan fingerprint density at radius 2 is 1.92 bits per heavy atom. The number of fused-ring (bicyclic) bond motifs is 1. The van der Waals surface area contributed by atoms with Crippen molar-refractivity contribution in [3.63, 3.8) is 0 Å². The van der Waals surface area contributed by atoms with Crippen molar-refractivity contribution < 1.29 is 9.21 Å². The van der Waals surface area contributed by atoms with Gasteiger partial charge >= 0.3 is 0 Å². The van der Waals surface area contributed by atoms with Crippen molar-refractivity contribution in [2.75, 3.05) is 0 Å². The molecule has 0 aliphatic heterocycles. The maximum atomic E-state index is 12.7. The van der Waals surface area contributed by atoms with Crippen LogP contribution in [-0.4, -0.2) is 22.1 Å². The predicted octanol–water partition coefficient (Wildman–Crippen LogP) is 3.65. The third kappa shape index (κ3) is 3.21. The SMILES string of the molecule is O=C(N/N=C\c1ccncc1)c1cc(-c2ccco2)nc2ccccc12. The number of aromatic nitrogens is 2. The molecule has 0 atom stereocenters. The van der Waals surface area contributed by atoms with Gasteiger partial charge in [0, 0.05) is 17.8 Å². The lowest BCUT2D eigenvalue weighted by Gasteiger charge is -2.07. The smallest absolute Gasteiger partial charge is 0.272 e. The van der Waals surface area contributed by atoms with E-state index in [4.69, 9.17) is 4.42 Å². The van der Waals surface area contributed by atoms with Crippen molar-refractivity contribution in [3.05, 3.63) is 84.4 Å². The van der Waals surface area contributed by atoms with Crippen LogP contribution in [0.25, 0.3) is 22.4 Å². The van der Waals surface area contributed by atoms with Crippen LogP contribution in [0.15, 0.2) is 82.8 Å². The number of pyridine rings is 2. The fourth-order valence-corrected chi connectivity index (χ4v) is 2.59. The Hall–Kier alpha value is -3.80. The second kappa shape index (κ2) is 6.98. The van der Waals surface area contributed by atoms with Gasteiger partial charge in [-0.15, -0.1) is 0 Å². The molecule has 6 heteroatoms. The molecule has 1 N–H and O–H groups in total. The Balaban J connectivity index is 1.68. The molecule has 3 aromatic heterocycles. The van der Waals surface area contributed by atoms with Gasteiger partial charge in [0.15, 0.2) is 5.76 Å². The van der Waals surface area contributed by atoms with Gasteiger partial charge in [-0.1, -0.05) is 18.2 Å². The van der Waals surface area contributed by atoms with Crippen molar-refractivity contribution in [2.24, 2.45) is 5.10 Å². The maximum absolute atomic E-state index is 12.7. The van der Waals surface area contributed by atoms with Gasteiger partial charge in [0.1, 0.15) is 5.69 Å². The summed E-state index contributed by atoms with van der Waals surface area (Å²) < 4.78 is 5.41. The minimum Gasteiger partial charge on any atom is -0.463 e. The zero-order chi connectivity index (χ0) is 17.8. The summed E-state index contributed by atoms with van der Waals surface area (Å²) in [6.07, 6.45) is 6.46. The van der Waals surface area contributed by atoms with Crippen molar-refractivity contribution in [2.45, 2.75) is 0 Å². The standard InChI is InChI=1S/C20H14N4O2/c25-20(24-22-13-14-7-9-21-10-8-14)16-12-18(19-6-3-11-26-19)23-17-5-2-1-4-15(16)17/h1-13H,(H,24,25)/b22-13-. The van der Waals surface area contributed by atoms with Gasteiger partial charge in [-0.25, -0.2) is 10.4 Å². The second-order valence-electron chi connectivity index (χ2n) is 5.53. The zero-order valence-corrected chi connectivity index (χ0v) is 13.7. The van der Waals surface area contributed by atoms with E-state index in [1.165, 1.54) is 0 Å². The largest absolute Gasteiger partial charge is 0.463 e. The lowest BCUT2D eigenvalue weighted by atomic mass is 10.1. The molecule has 26 heavy (non-hydrogen) atoms. The Morgan fingerprint density at radius 1 is 1.08 bits per heavy atom. The topological polar surface area (TPSA) is 80.4 Å². The second-order valence-corrected chi connectivity index (χ2v) is 5.53. The number of carbonyl (C=O) groups is 1. The van der Waals surface area contributed by atoms with Gasteiger partial charge < -0.3 is 4.42 Å². The van der Waals surface area contributed by atoms with E-state index in [1.54, 1.807) is 55.2 Å². The number of carbonyl (C=O) groups excluding carboxylic acids is 1. The van der Waals surface area contributed by atoms with Crippen LogP contribution in [0.5, 0.6) is 0 Å². The Kier molecular flexibility index (Phi) is 4.22. The number of hydrogen-bond donors (Lipinski definition) is 1. The minimum absolute atomic E-state index is 0.318. The molecule has 4 aromatic rings. The number of benzene rings is 1. The maximum Gasteiger partial charge on any atom is 0.272 e. The third-order valence-corrected chi connectivity index (χ3v) is 3.82. The molecule has 6 nitrogen and oxygen atoms in total. The number of hydrogen-bond acceptors (Lipinski definition) is 5. The number of para-hydroxylation sites is 1. The molecule has 3 heterocycles. The normalized spacial score (nSPS) is 11.1. The first kappa shape index (κ1) is 15.7.